The molecule has 0 bridgehead atoms. The van der Waals surface area contributed by atoms with E-state index in [1.54, 1.807) is 11.3 Å². The van der Waals surface area contributed by atoms with Crippen LogP contribution in [-0.4, -0.2) is 35.8 Å². The quantitative estimate of drug-likeness (QED) is 0.699. The Morgan fingerprint density at radius 3 is 2.85 bits per heavy atom. The third-order valence-corrected chi connectivity index (χ3v) is 3.32. The molecule has 1 aliphatic heterocycles. The standard InChI is InChI=1S/C8H12N2OS2/c12-8-10(3-6-13-8)7-9-1-4-11-5-2-9/h3,6H,1-2,4-5,7H2. The molecule has 1 aromatic heterocycles. The number of hydrogen-bond acceptors (Lipinski definition) is 4. The van der Waals surface area contributed by atoms with E-state index in [1.165, 1.54) is 0 Å². The third-order valence-electron chi connectivity index (χ3n) is 2.10. The Morgan fingerprint density at radius 1 is 1.46 bits per heavy atom. The number of hydrogen-bond donors (Lipinski definition) is 0. The van der Waals surface area contributed by atoms with E-state index in [2.05, 4.69) is 9.47 Å². The summed E-state index contributed by atoms with van der Waals surface area (Å²) in [5.74, 6) is 0. The van der Waals surface area contributed by atoms with Gasteiger partial charge in [0, 0.05) is 24.7 Å². The second kappa shape index (κ2) is 4.32. The highest BCUT2D eigenvalue weighted by molar-refractivity contribution is 7.73. The molecule has 1 aromatic rings. The number of ether oxygens (including phenoxy) is 1. The first-order valence-electron chi connectivity index (χ1n) is 4.30. The van der Waals surface area contributed by atoms with Crippen LogP contribution in [0.1, 0.15) is 0 Å². The highest BCUT2D eigenvalue weighted by Gasteiger charge is 2.10. The lowest BCUT2D eigenvalue weighted by Gasteiger charge is -2.26. The van der Waals surface area contributed by atoms with E-state index >= 15 is 0 Å². The van der Waals surface area contributed by atoms with Crippen molar-refractivity contribution in [3.8, 4) is 0 Å². The van der Waals surface area contributed by atoms with Gasteiger partial charge in [0.1, 0.15) is 0 Å². The van der Waals surface area contributed by atoms with Gasteiger partial charge in [0.25, 0.3) is 0 Å². The van der Waals surface area contributed by atoms with Crippen LogP contribution in [0.25, 0.3) is 0 Å². The van der Waals surface area contributed by atoms with E-state index in [0.717, 1.165) is 36.9 Å². The molecule has 1 fully saturated rings. The summed E-state index contributed by atoms with van der Waals surface area (Å²) in [6.45, 7) is 4.62. The molecule has 3 nitrogen and oxygen atoms in total. The zero-order valence-electron chi connectivity index (χ0n) is 7.31. The van der Waals surface area contributed by atoms with Crippen molar-refractivity contribution in [1.29, 1.82) is 0 Å². The molecular formula is C8H12N2OS2. The van der Waals surface area contributed by atoms with Gasteiger partial charge in [0.2, 0.25) is 0 Å². The highest BCUT2D eigenvalue weighted by atomic mass is 32.1. The van der Waals surface area contributed by atoms with Crippen molar-refractivity contribution in [1.82, 2.24) is 9.47 Å². The highest BCUT2D eigenvalue weighted by Crippen LogP contribution is 2.06. The van der Waals surface area contributed by atoms with Crippen LogP contribution in [0.3, 0.4) is 0 Å². The first kappa shape index (κ1) is 9.33. The van der Waals surface area contributed by atoms with Crippen LogP contribution in [0.4, 0.5) is 0 Å². The van der Waals surface area contributed by atoms with Crippen LogP contribution in [0.15, 0.2) is 11.6 Å². The van der Waals surface area contributed by atoms with Crippen molar-refractivity contribution >= 4 is 23.6 Å². The lowest BCUT2D eigenvalue weighted by atomic mass is 10.4. The van der Waals surface area contributed by atoms with Crippen molar-refractivity contribution in [2.75, 3.05) is 26.3 Å². The van der Waals surface area contributed by atoms with Crippen LogP contribution in [0, 0.1) is 3.95 Å². The molecule has 0 radical (unpaired) electrons. The molecule has 0 atom stereocenters. The zero-order chi connectivity index (χ0) is 9.10. The third kappa shape index (κ3) is 2.37. The molecule has 0 aromatic carbocycles. The maximum atomic E-state index is 5.27. The van der Waals surface area contributed by atoms with Gasteiger partial charge in [0.05, 0.1) is 19.9 Å². The first-order chi connectivity index (χ1) is 6.36. The zero-order valence-corrected chi connectivity index (χ0v) is 8.94. The van der Waals surface area contributed by atoms with Crippen molar-refractivity contribution < 1.29 is 4.74 Å². The maximum absolute atomic E-state index is 5.27. The topological polar surface area (TPSA) is 17.4 Å². The molecule has 5 heteroatoms. The van der Waals surface area contributed by atoms with Gasteiger partial charge in [0.15, 0.2) is 3.95 Å². The number of thiazole rings is 1. The van der Waals surface area contributed by atoms with Crippen molar-refractivity contribution in [2.24, 2.45) is 0 Å². The Labute approximate surface area is 86.6 Å². The second-order valence-corrected chi connectivity index (χ2v) is 4.55. The number of rotatable bonds is 2. The van der Waals surface area contributed by atoms with Gasteiger partial charge in [-0.15, -0.1) is 11.3 Å². The Bertz CT molecular complexity index is 314. The Morgan fingerprint density at radius 2 is 2.23 bits per heavy atom. The van der Waals surface area contributed by atoms with Crippen molar-refractivity contribution in [3.05, 3.63) is 15.5 Å². The molecule has 1 saturated heterocycles. The molecule has 0 amide bonds. The summed E-state index contributed by atoms with van der Waals surface area (Å²) in [5, 5.41) is 2.03. The summed E-state index contributed by atoms with van der Waals surface area (Å²) in [5.41, 5.74) is 0. The van der Waals surface area contributed by atoms with E-state index < -0.39 is 0 Å². The predicted molar refractivity (Wildman–Crippen MR) is 55.5 cm³/mol. The van der Waals surface area contributed by atoms with Gasteiger partial charge in [-0.1, -0.05) is 0 Å². The molecule has 0 saturated carbocycles. The summed E-state index contributed by atoms with van der Waals surface area (Å²) in [6.07, 6.45) is 2.04. The molecule has 72 valence electrons. The number of nitrogens with zero attached hydrogens (tertiary/aromatic N) is 2. The Hall–Kier alpha value is -0.230. The molecule has 0 N–H and O–H groups in total. The number of aromatic nitrogens is 1. The summed E-state index contributed by atoms with van der Waals surface area (Å²) in [6, 6.07) is 0. The fourth-order valence-corrected chi connectivity index (χ4v) is 2.22. The Kier molecular flexibility index (Phi) is 3.10. The van der Waals surface area contributed by atoms with Crippen LogP contribution in [0.2, 0.25) is 0 Å². The van der Waals surface area contributed by atoms with Gasteiger partial charge in [-0.05, 0) is 12.2 Å². The monoisotopic (exact) mass is 216 g/mol. The van der Waals surface area contributed by atoms with Gasteiger partial charge in [-0.25, -0.2) is 0 Å². The van der Waals surface area contributed by atoms with Crippen LogP contribution in [0.5, 0.6) is 0 Å². The molecule has 13 heavy (non-hydrogen) atoms. The van der Waals surface area contributed by atoms with E-state index in [-0.39, 0.29) is 0 Å². The lowest BCUT2D eigenvalue weighted by molar-refractivity contribution is 0.0234. The summed E-state index contributed by atoms with van der Waals surface area (Å²) < 4.78 is 8.33. The van der Waals surface area contributed by atoms with E-state index in [0.29, 0.717) is 0 Å². The normalized spacial score (nSPS) is 19.1. The van der Waals surface area contributed by atoms with Crippen LogP contribution < -0.4 is 0 Å². The first-order valence-corrected chi connectivity index (χ1v) is 5.59. The van der Waals surface area contributed by atoms with Crippen molar-refractivity contribution in [2.45, 2.75) is 6.67 Å². The SMILES string of the molecule is S=c1sccn1CN1CCOCC1. The molecule has 2 heterocycles. The fourth-order valence-electron chi connectivity index (χ4n) is 1.35. The van der Waals surface area contributed by atoms with Crippen molar-refractivity contribution in [3.63, 3.8) is 0 Å². The van der Waals surface area contributed by atoms with Gasteiger partial charge >= 0.3 is 0 Å². The summed E-state index contributed by atoms with van der Waals surface area (Å²) in [7, 11) is 0. The molecule has 1 aliphatic rings. The average molecular weight is 216 g/mol. The lowest BCUT2D eigenvalue weighted by Crippen LogP contribution is -2.37. The molecule has 0 spiro atoms. The maximum Gasteiger partial charge on any atom is 0.162 e. The summed E-state index contributed by atoms with van der Waals surface area (Å²) in [4.78, 5) is 2.35. The van der Waals surface area contributed by atoms with E-state index in [4.69, 9.17) is 17.0 Å². The Balaban J connectivity index is 1.97. The second-order valence-electron chi connectivity index (χ2n) is 3.01. The molecule has 0 unspecified atom stereocenters. The van der Waals surface area contributed by atoms with Crippen LogP contribution >= 0.6 is 23.6 Å². The molecule has 2 rings (SSSR count). The smallest absolute Gasteiger partial charge is 0.162 e. The molecule has 0 aliphatic carbocycles. The predicted octanol–water partition coefficient (Wildman–Crippen LogP) is 1.57. The summed E-state index contributed by atoms with van der Waals surface area (Å²) >= 11 is 6.79. The minimum Gasteiger partial charge on any atom is -0.379 e. The van der Waals surface area contributed by atoms with Crippen LogP contribution in [-0.2, 0) is 11.4 Å². The van der Waals surface area contributed by atoms with Gasteiger partial charge < -0.3 is 9.30 Å². The van der Waals surface area contributed by atoms with E-state index in [9.17, 15) is 0 Å². The minimum absolute atomic E-state index is 0.845. The van der Waals surface area contributed by atoms with Gasteiger partial charge in [-0.2, -0.15) is 0 Å². The van der Waals surface area contributed by atoms with Gasteiger partial charge in [-0.3, -0.25) is 4.90 Å². The number of morpholine rings is 1. The largest absolute Gasteiger partial charge is 0.379 e. The average Bonchev–Trinajstić information content (AvgIpc) is 2.54. The van der Waals surface area contributed by atoms with E-state index in [1.807, 2.05) is 11.6 Å². The molecular weight excluding hydrogens is 204 g/mol. The minimum atomic E-state index is 0.845. The fraction of sp³-hybridized carbons (Fsp3) is 0.625.